The molecule has 0 aromatic rings. The Labute approximate surface area is 510 Å². The molecule has 1 saturated heterocycles. The Balaban J connectivity index is 2.60. The first kappa shape index (κ1) is 78.6. The van der Waals surface area contributed by atoms with Crippen molar-refractivity contribution in [2.75, 3.05) is 13.2 Å². The van der Waals surface area contributed by atoms with Gasteiger partial charge in [0.25, 0.3) is 0 Å². The summed E-state index contributed by atoms with van der Waals surface area (Å²) in [6, 6.07) is -1.02. The number of unbranched alkanes of at least 4 members (excludes halogenated alkanes) is 41. The van der Waals surface area contributed by atoms with Crippen molar-refractivity contribution in [2.24, 2.45) is 0 Å². The van der Waals surface area contributed by atoms with E-state index in [1.54, 1.807) is 6.08 Å². The predicted molar refractivity (Wildman–Crippen MR) is 347 cm³/mol. The molecule has 6 N–H and O–H groups in total. The van der Waals surface area contributed by atoms with Crippen LogP contribution in [0, 0.1) is 0 Å². The first-order chi connectivity index (χ1) is 40.7. The Morgan fingerprint density at radius 3 is 1.27 bits per heavy atom. The third-order valence-electron chi connectivity index (χ3n) is 16.7. The zero-order valence-electron chi connectivity index (χ0n) is 54.1. The molecule has 0 saturated carbocycles. The average molecular weight is 1170 g/mol. The van der Waals surface area contributed by atoms with Gasteiger partial charge in [-0.3, -0.25) is 9.59 Å². The van der Waals surface area contributed by atoms with Crippen molar-refractivity contribution in [2.45, 2.75) is 384 Å². The molecule has 1 aliphatic rings. The first-order valence-corrected chi connectivity index (χ1v) is 35.4. The number of allylic oxidation sites excluding steroid dienone is 7. The van der Waals surface area contributed by atoms with E-state index in [0.29, 0.717) is 19.3 Å². The van der Waals surface area contributed by atoms with Crippen LogP contribution in [-0.4, -0.2) is 99.6 Å². The highest BCUT2D eigenvalue weighted by molar-refractivity contribution is 5.80. The van der Waals surface area contributed by atoms with Crippen molar-refractivity contribution >= 4 is 11.9 Å². The summed E-state index contributed by atoms with van der Waals surface area (Å²) in [5, 5.41) is 57.3. The topological polar surface area (TPSA) is 175 Å². The van der Waals surface area contributed by atoms with Gasteiger partial charge >= 0.3 is 5.97 Å². The smallest absolute Gasteiger partial charge is 0.306 e. The number of carbonyl (C=O) groups is 2. The van der Waals surface area contributed by atoms with E-state index in [1.165, 1.54) is 225 Å². The van der Waals surface area contributed by atoms with Crippen LogP contribution < -0.4 is 5.32 Å². The quantitative estimate of drug-likeness (QED) is 0.0195. The van der Waals surface area contributed by atoms with Gasteiger partial charge in [-0.2, -0.15) is 0 Å². The number of hydrogen-bond acceptors (Lipinski definition) is 10. The summed E-state index contributed by atoms with van der Waals surface area (Å²) in [5.74, 6) is -1.19. The van der Waals surface area contributed by atoms with E-state index < -0.39 is 67.4 Å². The predicted octanol–water partition coefficient (Wildman–Crippen LogP) is 18.0. The zero-order valence-corrected chi connectivity index (χ0v) is 54.1. The minimum atomic E-state index is -1.61. The molecule has 1 amide bonds. The summed E-state index contributed by atoms with van der Waals surface area (Å²) in [4.78, 5) is 26.7. The lowest BCUT2D eigenvalue weighted by atomic mass is 9.99. The lowest BCUT2D eigenvalue weighted by Crippen LogP contribution is -2.61. The van der Waals surface area contributed by atoms with Gasteiger partial charge in [-0.1, -0.05) is 294 Å². The summed E-state index contributed by atoms with van der Waals surface area (Å²) >= 11 is 0. The number of aliphatic hydroxyl groups excluding tert-OH is 5. The monoisotopic (exact) mass is 1170 g/mol. The van der Waals surface area contributed by atoms with Crippen LogP contribution in [0.2, 0.25) is 0 Å². The van der Waals surface area contributed by atoms with E-state index in [4.69, 9.17) is 14.2 Å². The summed E-state index contributed by atoms with van der Waals surface area (Å²) < 4.78 is 17.7. The number of esters is 1. The van der Waals surface area contributed by atoms with Gasteiger partial charge in [0.2, 0.25) is 5.91 Å². The second kappa shape index (κ2) is 59.9. The largest absolute Gasteiger partial charge is 0.454 e. The van der Waals surface area contributed by atoms with Crippen molar-refractivity contribution in [3.05, 3.63) is 48.6 Å². The summed E-state index contributed by atoms with van der Waals surface area (Å²) in [5.41, 5.74) is 0. The molecule has 486 valence electrons. The molecule has 0 aromatic carbocycles. The molecule has 1 rings (SSSR count). The lowest BCUT2D eigenvalue weighted by molar-refractivity contribution is -0.305. The first-order valence-electron chi connectivity index (χ1n) is 35.4. The van der Waals surface area contributed by atoms with Crippen molar-refractivity contribution in [3.63, 3.8) is 0 Å². The number of rotatable bonds is 61. The highest BCUT2D eigenvalue weighted by Gasteiger charge is 2.47. The van der Waals surface area contributed by atoms with Crippen LogP contribution in [-0.2, 0) is 23.8 Å². The van der Waals surface area contributed by atoms with Crippen molar-refractivity contribution in [3.8, 4) is 0 Å². The number of carbonyl (C=O) groups excluding carboxylic acids is 2. The summed E-state index contributed by atoms with van der Waals surface area (Å²) in [6.45, 7) is 5.81. The van der Waals surface area contributed by atoms with E-state index in [1.807, 2.05) is 6.08 Å². The second-order valence-electron chi connectivity index (χ2n) is 24.6. The molecule has 0 aliphatic carbocycles. The molecule has 1 aliphatic heterocycles. The van der Waals surface area contributed by atoms with Crippen LogP contribution in [0.15, 0.2) is 48.6 Å². The van der Waals surface area contributed by atoms with E-state index >= 15 is 0 Å². The van der Waals surface area contributed by atoms with Gasteiger partial charge in [0, 0.05) is 6.42 Å². The van der Waals surface area contributed by atoms with Crippen LogP contribution in [0.1, 0.15) is 335 Å². The van der Waals surface area contributed by atoms with E-state index in [2.05, 4.69) is 62.5 Å². The van der Waals surface area contributed by atoms with E-state index in [0.717, 1.165) is 64.2 Å². The highest BCUT2D eigenvalue weighted by atomic mass is 16.7. The Hall–Kier alpha value is -2.38. The molecule has 8 atom stereocenters. The number of nitrogens with one attached hydrogen (secondary N) is 1. The maximum atomic E-state index is 13.5. The number of amides is 1. The minimum absolute atomic E-state index is 0.123. The molecule has 1 fully saturated rings. The van der Waals surface area contributed by atoms with Crippen molar-refractivity contribution < 1.29 is 49.3 Å². The zero-order chi connectivity index (χ0) is 60.3. The molecule has 0 aromatic heterocycles. The van der Waals surface area contributed by atoms with Crippen molar-refractivity contribution in [1.29, 1.82) is 0 Å². The summed E-state index contributed by atoms with van der Waals surface area (Å²) in [6.07, 6.45) is 64.3. The Kier molecular flexibility index (Phi) is 56.8. The standard InChI is InChI=1S/C72H133NO10/c1-4-7-10-13-16-19-22-25-27-29-31-32-33-35-36-38-41-44-47-50-53-56-59-65(76)71(80)73-63(64(75)58-55-52-49-46-43-40-24-21-18-15-12-9-6-3)62-81-72-70(69(79)68(78)66(61-74)82-72)83-67(77)60-57-54-51-48-45-42-39-37-34-30-28-26-23-20-17-14-11-8-5-2/h16,19,25-28,55,58,63-66,68-70,72,74-76,78-79H,4-15,17-18,20-24,29-54,56-57,59-62H2,1-3H3,(H,73,80)/b19-16-,27-25-,28-26+,58-55+. The second-order valence-corrected chi connectivity index (χ2v) is 24.6. The number of aliphatic hydroxyl groups is 5. The van der Waals surface area contributed by atoms with Gasteiger partial charge in [-0.25, -0.2) is 0 Å². The fraction of sp³-hybridized carbons (Fsp3) is 0.861. The maximum Gasteiger partial charge on any atom is 0.306 e. The van der Waals surface area contributed by atoms with Gasteiger partial charge in [0.1, 0.15) is 24.4 Å². The van der Waals surface area contributed by atoms with E-state index in [-0.39, 0.29) is 13.0 Å². The SMILES string of the molecule is CCCCC/C=C\C/C=C\CCCCCCCCCCCCCCC(O)C(=O)NC(COC1OC(CO)C(O)C(O)C1OC(=O)CCCCCCCCCCC/C=C/CCCCCCCC)C(O)/C=C/CCCCCCCCCCCCC. The number of ether oxygens (including phenoxy) is 3. The maximum absolute atomic E-state index is 13.5. The van der Waals surface area contributed by atoms with Crippen LogP contribution in [0.5, 0.6) is 0 Å². The molecule has 83 heavy (non-hydrogen) atoms. The van der Waals surface area contributed by atoms with Gasteiger partial charge in [0.15, 0.2) is 12.4 Å². The van der Waals surface area contributed by atoms with Gasteiger partial charge in [-0.15, -0.1) is 0 Å². The van der Waals surface area contributed by atoms with Gasteiger partial charge in [0.05, 0.1) is 25.4 Å². The van der Waals surface area contributed by atoms with Crippen LogP contribution in [0.3, 0.4) is 0 Å². The Morgan fingerprint density at radius 1 is 0.470 bits per heavy atom. The van der Waals surface area contributed by atoms with Crippen LogP contribution >= 0.6 is 0 Å². The normalized spacial score (nSPS) is 18.8. The lowest BCUT2D eigenvalue weighted by Gasteiger charge is -2.41. The minimum Gasteiger partial charge on any atom is -0.454 e. The molecule has 0 bridgehead atoms. The fourth-order valence-corrected chi connectivity index (χ4v) is 11.1. The summed E-state index contributed by atoms with van der Waals surface area (Å²) in [7, 11) is 0. The molecular weight excluding hydrogens is 1040 g/mol. The molecule has 0 radical (unpaired) electrons. The Morgan fingerprint density at radius 2 is 0.831 bits per heavy atom. The molecule has 11 heteroatoms. The molecule has 1 heterocycles. The molecular formula is C72H133NO10. The van der Waals surface area contributed by atoms with Crippen LogP contribution in [0.25, 0.3) is 0 Å². The van der Waals surface area contributed by atoms with Gasteiger partial charge in [-0.05, 0) is 83.5 Å². The molecule has 11 nitrogen and oxygen atoms in total. The molecule has 0 spiro atoms. The van der Waals surface area contributed by atoms with Gasteiger partial charge < -0.3 is 45.1 Å². The highest BCUT2D eigenvalue weighted by Crippen LogP contribution is 2.26. The fourth-order valence-electron chi connectivity index (χ4n) is 11.1. The average Bonchev–Trinajstić information content (AvgIpc) is 3.54. The van der Waals surface area contributed by atoms with Crippen molar-refractivity contribution in [1.82, 2.24) is 5.32 Å². The Bertz CT molecular complexity index is 1540. The van der Waals surface area contributed by atoms with E-state index in [9.17, 15) is 35.1 Å². The molecule has 8 unspecified atom stereocenters. The van der Waals surface area contributed by atoms with Crippen LogP contribution in [0.4, 0.5) is 0 Å². The third kappa shape index (κ3) is 47.4. The third-order valence-corrected chi connectivity index (χ3v) is 16.7. The number of hydrogen-bond donors (Lipinski definition) is 6.